The van der Waals surface area contributed by atoms with Gasteiger partial charge in [-0.15, -0.1) is 0 Å². The molecule has 0 unspecified atom stereocenters. The quantitative estimate of drug-likeness (QED) is 0.446. The summed E-state index contributed by atoms with van der Waals surface area (Å²) in [4.78, 5) is 33.7. The highest BCUT2D eigenvalue weighted by atomic mass is 19.4. The van der Waals surface area contributed by atoms with E-state index in [0.717, 1.165) is 6.07 Å². The minimum atomic E-state index is -4.72. The molecule has 198 valence electrons. The second kappa shape index (κ2) is 11.2. The summed E-state index contributed by atoms with van der Waals surface area (Å²) in [7, 11) is 3.37. The van der Waals surface area contributed by atoms with Gasteiger partial charge >= 0.3 is 6.18 Å². The molecule has 1 aliphatic rings. The van der Waals surface area contributed by atoms with E-state index in [-0.39, 0.29) is 22.5 Å². The number of aromatic nitrogens is 4. The number of amides is 1. The van der Waals surface area contributed by atoms with Gasteiger partial charge in [-0.05, 0) is 18.2 Å². The lowest BCUT2D eigenvalue weighted by Crippen LogP contribution is -2.38. The van der Waals surface area contributed by atoms with Crippen molar-refractivity contribution in [3.8, 4) is 0 Å². The number of hydrogen-bond donors (Lipinski definition) is 1. The Bertz CT molecular complexity index is 1270. The van der Waals surface area contributed by atoms with E-state index < -0.39 is 30.0 Å². The van der Waals surface area contributed by atoms with Crippen LogP contribution in [0, 0.1) is 0 Å². The topological polar surface area (TPSA) is 106 Å². The van der Waals surface area contributed by atoms with Crippen LogP contribution in [-0.4, -0.2) is 79.5 Å². The Morgan fingerprint density at radius 3 is 2.59 bits per heavy atom. The lowest BCUT2D eigenvalue weighted by atomic mass is 10.1. The van der Waals surface area contributed by atoms with Crippen molar-refractivity contribution in [1.82, 2.24) is 19.9 Å². The first-order chi connectivity index (χ1) is 17.7. The fourth-order valence-corrected chi connectivity index (χ4v) is 3.69. The molecule has 0 aromatic carbocycles. The summed E-state index contributed by atoms with van der Waals surface area (Å²) in [5.41, 5.74) is -1.77. The van der Waals surface area contributed by atoms with Gasteiger partial charge in [-0.2, -0.15) is 18.2 Å². The molecule has 4 heterocycles. The van der Waals surface area contributed by atoms with Gasteiger partial charge in [0.2, 0.25) is 5.95 Å². The fourth-order valence-electron chi connectivity index (χ4n) is 3.69. The summed E-state index contributed by atoms with van der Waals surface area (Å²) >= 11 is 0. The van der Waals surface area contributed by atoms with Crippen LogP contribution in [0.4, 0.5) is 35.1 Å². The second-order valence-corrected chi connectivity index (χ2v) is 8.24. The molecule has 14 heteroatoms. The number of fused-ring (bicyclic) bond motifs is 1. The SMILES string of the molecule is COCCN(C)c1cc(C(=O)Nc2ccc3c(C(F)(F)F)cc(CF)nc3n2)nc(N2CCOCC2)n1. The number of rotatable bonds is 8. The number of nitrogens with one attached hydrogen (secondary N) is 1. The zero-order valence-electron chi connectivity index (χ0n) is 20.2. The Kier molecular flexibility index (Phi) is 7.97. The summed E-state index contributed by atoms with van der Waals surface area (Å²) < 4.78 is 64.0. The standard InChI is InChI=1S/C23H25F4N7O3/c1-33(5-8-36-2)19-12-17(29-22(32-19)34-6-9-37-10-7-34)21(35)31-18-4-3-15-16(23(25,26)27)11-14(13-24)28-20(15)30-18/h3-4,11-12H,5-10,13H2,1-2H3,(H,28,30,31,35). The van der Waals surface area contributed by atoms with Crippen LogP contribution in [0.5, 0.6) is 0 Å². The average molecular weight is 523 g/mol. The highest BCUT2D eigenvalue weighted by Gasteiger charge is 2.34. The molecule has 0 atom stereocenters. The normalized spacial score (nSPS) is 14.2. The predicted molar refractivity (Wildman–Crippen MR) is 128 cm³/mol. The average Bonchev–Trinajstić information content (AvgIpc) is 2.90. The van der Waals surface area contributed by atoms with Gasteiger partial charge in [0.25, 0.3) is 5.91 Å². The van der Waals surface area contributed by atoms with Gasteiger partial charge in [0.15, 0.2) is 5.65 Å². The first-order valence-electron chi connectivity index (χ1n) is 11.4. The third kappa shape index (κ3) is 6.20. The number of likely N-dealkylation sites (N-methyl/N-ethyl adjacent to an activating group) is 1. The largest absolute Gasteiger partial charge is 0.417 e. The van der Waals surface area contributed by atoms with Crippen molar-refractivity contribution in [2.24, 2.45) is 0 Å². The van der Waals surface area contributed by atoms with E-state index in [9.17, 15) is 22.4 Å². The van der Waals surface area contributed by atoms with Gasteiger partial charge in [-0.25, -0.2) is 19.3 Å². The van der Waals surface area contributed by atoms with E-state index in [4.69, 9.17) is 9.47 Å². The van der Waals surface area contributed by atoms with E-state index in [0.29, 0.717) is 57.3 Å². The van der Waals surface area contributed by atoms with Crippen LogP contribution in [0.1, 0.15) is 21.7 Å². The number of nitrogens with zero attached hydrogens (tertiary/aromatic N) is 6. The molecule has 3 aromatic heterocycles. The minimum absolute atomic E-state index is 0.0269. The zero-order chi connectivity index (χ0) is 26.6. The van der Waals surface area contributed by atoms with Gasteiger partial charge in [0, 0.05) is 45.2 Å². The van der Waals surface area contributed by atoms with E-state index in [1.165, 1.54) is 12.1 Å². The molecule has 0 spiro atoms. The van der Waals surface area contributed by atoms with Crippen molar-refractivity contribution in [3.05, 3.63) is 41.2 Å². The second-order valence-electron chi connectivity index (χ2n) is 8.24. The fraction of sp³-hybridized carbons (Fsp3) is 0.435. The van der Waals surface area contributed by atoms with Gasteiger partial charge in [-0.3, -0.25) is 4.79 Å². The lowest BCUT2D eigenvalue weighted by Gasteiger charge is -2.28. The zero-order valence-corrected chi connectivity index (χ0v) is 20.2. The summed E-state index contributed by atoms with van der Waals surface area (Å²) in [6, 6.07) is 4.51. The lowest BCUT2D eigenvalue weighted by molar-refractivity contribution is -0.136. The Morgan fingerprint density at radius 2 is 1.92 bits per heavy atom. The van der Waals surface area contributed by atoms with Crippen LogP contribution in [-0.2, 0) is 22.3 Å². The molecule has 4 rings (SSSR count). The summed E-state index contributed by atoms with van der Waals surface area (Å²) in [6.45, 7) is 1.82. The molecule has 1 fully saturated rings. The summed E-state index contributed by atoms with van der Waals surface area (Å²) in [5, 5.41) is 2.24. The van der Waals surface area contributed by atoms with Crippen LogP contribution >= 0.6 is 0 Å². The Hall–Kier alpha value is -3.65. The number of alkyl halides is 4. The number of hydrogen-bond acceptors (Lipinski definition) is 9. The van der Waals surface area contributed by atoms with Crippen LogP contribution < -0.4 is 15.1 Å². The van der Waals surface area contributed by atoms with Crippen molar-refractivity contribution in [2.45, 2.75) is 12.9 Å². The number of carbonyl (C=O) groups excluding carboxylic acids is 1. The Morgan fingerprint density at radius 1 is 1.16 bits per heavy atom. The molecule has 0 saturated carbocycles. The Balaban J connectivity index is 1.66. The number of halogens is 4. The third-order valence-corrected chi connectivity index (χ3v) is 5.66. The molecule has 1 saturated heterocycles. The monoisotopic (exact) mass is 523 g/mol. The molecular formula is C23H25F4N7O3. The van der Waals surface area contributed by atoms with Crippen molar-refractivity contribution in [1.29, 1.82) is 0 Å². The van der Waals surface area contributed by atoms with E-state index in [2.05, 4.69) is 25.3 Å². The number of morpholine rings is 1. The predicted octanol–water partition coefficient (Wildman–Crippen LogP) is 3.08. The van der Waals surface area contributed by atoms with E-state index in [1.807, 2.05) is 4.90 Å². The smallest absolute Gasteiger partial charge is 0.383 e. The van der Waals surface area contributed by atoms with Gasteiger partial charge < -0.3 is 24.6 Å². The number of ether oxygens (including phenoxy) is 2. The molecule has 1 amide bonds. The highest BCUT2D eigenvalue weighted by molar-refractivity contribution is 6.03. The molecule has 0 radical (unpaired) electrons. The summed E-state index contributed by atoms with van der Waals surface area (Å²) in [6.07, 6.45) is -4.72. The molecule has 0 aliphatic carbocycles. The molecule has 3 aromatic rings. The third-order valence-electron chi connectivity index (χ3n) is 5.66. The Labute approximate surface area is 209 Å². The number of methoxy groups -OCH3 is 1. The van der Waals surface area contributed by atoms with E-state index in [1.54, 1.807) is 19.1 Å². The molecule has 10 nitrogen and oxygen atoms in total. The van der Waals surface area contributed by atoms with Crippen molar-refractivity contribution in [3.63, 3.8) is 0 Å². The van der Waals surface area contributed by atoms with Crippen LogP contribution in [0.3, 0.4) is 0 Å². The summed E-state index contributed by atoms with van der Waals surface area (Å²) in [5.74, 6) is 0.109. The molecular weight excluding hydrogens is 498 g/mol. The first kappa shape index (κ1) is 26.4. The van der Waals surface area contributed by atoms with Crippen LogP contribution in [0.15, 0.2) is 24.3 Å². The van der Waals surface area contributed by atoms with Gasteiger partial charge in [0.05, 0.1) is 31.1 Å². The highest BCUT2D eigenvalue weighted by Crippen LogP contribution is 2.35. The number of carbonyl (C=O) groups is 1. The maximum Gasteiger partial charge on any atom is 0.417 e. The number of anilines is 3. The molecule has 1 N–H and O–H groups in total. The van der Waals surface area contributed by atoms with Crippen LogP contribution in [0.25, 0.3) is 11.0 Å². The molecule has 37 heavy (non-hydrogen) atoms. The molecule has 0 bridgehead atoms. The van der Waals surface area contributed by atoms with Gasteiger partial charge in [0.1, 0.15) is 24.0 Å². The molecule has 1 aliphatic heterocycles. The van der Waals surface area contributed by atoms with Crippen molar-refractivity contribution in [2.75, 3.05) is 68.7 Å². The van der Waals surface area contributed by atoms with Gasteiger partial charge in [-0.1, -0.05) is 0 Å². The van der Waals surface area contributed by atoms with Crippen molar-refractivity contribution >= 4 is 34.5 Å². The first-order valence-corrected chi connectivity index (χ1v) is 11.4. The maximum absolute atomic E-state index is 13.5. The van der Waals surface area contributed by atoms with Crippen molar-refractivity contribution < 1.29 is 31.8 Å². The minimum Gasteiger partial charge on any atom is -0.383 e. The number of pyridine rings is 2. The maximum atomic E-state index is 13.5. The van der Waals surface area contributed by atoms with Crippen LogP contribution in [0.2, 0.25) is 0 Å². The van der Waals surface area contributed by atoms with E-state index >= 15 is 0 Å².